The second-order valence-electron chi connectivity index (χ2n) is 6.82. The molecule has 0 unspecified atom stereocenters. The Labute approximate surface area is 167 Å². The van der Waals surface area contributed by atoms with Crippen molar-refractivity contribution in [3.8, 4) is 11.5 Å². The third-order valence-electron chi connectivity index (χ3n) is 4.74. The molecule has 0 bridgehead atoms. The first-order valence-corrected chi connectivity index (χ1v) is 9.94. The van der Waals surface area contributed by atoms with Crippen molar-refractivity contribution in [3.63, 3.8) is 0 Å². The lowest BCUT2D eigenvalue weighted by molar-refractivity contribution is 0.296. The number of guanidine groups is 1. The van der Waals surface area contributed by atoms with E-state index in [1.54, 1.807) is 0 Å². The summed E-state index contributed by atoms with van der Waals surface area (Å²) in [5, 5.41) is 3.13. The first-order chi connectivity index (χ1) is 13.7. The van der Waals surface area contributed by atoms with Gasteiger partial charge >= 0.3 is 0 Å². The number of nitrogens with zero attached hydrogens (tertiary/aromatic N) is 2. The number of nitrogens with two attached hydrogens (primary N) is 1. The second-order valence-corrected chi connectivity index (χ2v) is 6.82. The van der Waals surface area contributed by atoms with Crippen LogP contribution in [0.4, 0.5) is 5.69 Å². The van der Waals surface area contributed by atoms with E-state index in [1.165, 1.54) is 5.56 Å². The van der Waals surface area contributed by atoms with Crippen LogP contribution in [0.15, 0.2) is 47.5 Å². The van der Waals surface area contributed by atoms with Crippen LogP contribution in [-0.4, -0.2) is 37.2 Å². The summed E-state index contributed by atoms with van der Waals surface area (Å²) in [6, 6.07) is 14.2. The Kier molecular flexibility index (Phi) is 7.14. The van der Waals surface area contributed by atoms with E-state index >= 15 is 0 Å². The SMILES string of the molecule is CCN(CC)Cc1cccc(CN=C(N)Nc2ccc3c(c2)OCCCO3)c1. The van der Waals surface area contributed by atoms with Crippen molar-refractivity contribution in [1.29, 1.82) is 0 Å². The summed E-state index contributed by atoms with van der Waals surface area (Å²) in [6.45, 7) is 9.29. The molecule has 1 aliphatic heterocycles. The van der Waals surface area contributed by atoms with Gasteiger partial charge in [-0.1, -0.05) is 38.1 Å². The molecule has 0 spiro atoms. The van der Waals surface area contributed by atoms with Gasteiger partial charge in [0.25, 0.3) is 0 Å². The molecule has 0 fully saturated rings. The zero-order chi connectivity index (χ0) is 19.8. The molecule has 2 aromatic carbocycles. The Bertz CT molecular complexity index is 803. The topological polar surface area (TPSA) is 72.1 Å². The lowest BCUT2D eigenvalue weighted by Crippen LogP contribution is -2.23. The van der Waals surface area contributed by atoms with E-state index in [2.05, 4.69) is 53.3 Å². The van der Waals surface area contributed by atoms with Gasteiger partial charge in [-0.25, -0.2) is 4.99 Å². The molecule has 3 rings (SSSR count). The van der Waals surface area contributed by atoms with Crippen molar-refractivity contribution >= 4 is 11.6 Å². The van der Waals surface area contributed by atoms with Gasteiger partial charge in [0.15, 0.2) is 17.5 Å². The van der Waals surface area contributed by atoms with Crippen LogP contribution in [0.3, 0.4) is 0 Å². The van der Waals surface area contributed by atoms with Gasteiger partial charge in [-0.15, -0.1) is 0 Å². The summed E-state index contributed by atoms with van der Waals surface area (Å²) in [7, 11) is 0. The van der Waals surface area contributed by atoms with Gasteiger partial charge in [-0.3, -0.25) is 4.90 Å². The second kappa shape index (κ2) is 9.99. The van der Waals surface area contributed by atoms with Gasteiger partial charge < -0.3 is 20.5 Å². The van der Waals surface area contributed by atoms with Gasteiger partial charge in [0.1, 0.15) is 0 Å². The zero-order valence-corrected chi connectivity index (χ0v) is 16.8. The smallest absolute Gasteiger partial charge is 0.193 e. The average molecular weight is 383 g/mol. The van der Waals surface area contributed by atoms with E-state index in [0.717, 1.165) is 48.8 Å². The first kappa shape index (κ1) is 20.0. The minimum Gasteiger partial charge on any atom is -0.490 e. The number of fused-ring (bicyclic) bond motifs is 1. The molecule has 1 heterocycles. The third-order valence-corrected chi connectivity index (χ3v) is 4.74. The summed E-state index contributed by atoms with van der Waals surface area (Å²) in [5.74, 6) is 1.88. The van der Waals surface area contributed by atoms with Gasteiger partial charge in [0.2, 0.25) is 0 Å². The number of nitrogens with one attached hydrogen (secondary N) is 1. The van der Waals surface area contributed by atoms with Gasteiger partial charge in [0.05, 0.1) is 19.8 Å². The highest BCUT2D eigenvalue weighted by Gasteiger charge is 2.11. The fraction of sp³-hybridized carbons (Fsp3) is 0.409. The van der Waals surface area contributed by atoms with Crippen LogP contribution in [0.2, 0.25) is 0 Å². The molecular formula is C22H30N4O2. The quantitative estimate of drug-likeness (QED) is 0.565. The number of rotatable bonds is 7. The fourth-order valence-corrected chi connectivity index (χ4v) is 3.14. The van der Waals surface area contributed by atoms with E-state index in [-0.39, 0.29) is 0 Å². The van der Waals surface area contributed by atoms with Crippen LogP contribution >= 0.6 is 0 Å². The largest absolute Gasteiger partial charge is 0.490 e. The summed E-state index contributed by atoms with van der Waals surface area (Å²) < 4.78 is 11.4. The summed E-state index contributed by atoms with van der Waals surface area (Å²) in [4.78, 5) is 6.87. The van der Waals surface area contributed by atoms with Crippen molar-refractivity contribution in [2.24, 2.45) is 10.7 Å². The predicted molar refractivity (Wildman–Crippen MR) is 114 cm³/mol. The first-order valence-electron chi connectivity index (χ1n) is 9.94. The number of anilines is 1. The highest BCUT2D eigenvalue weighted by atomic mass is 16.5. The van der Waals surface area contributed by atoms with Crippen molar-refractivity contribution < 1.29 is 9.47 Å². The van der Waals surface area contributed by atoms with Crippen LogP contribution < -0.4 is 20.5 Å². The maximum atomic E-state index is 6.08. The molecule has 0 radical (unpaired) electrons. The van der Waals surface area contributed by atoms with Gasteiger partial charge in [0, 0.05) is 24.7 Å². The maximum absolute atomic E-state index is 6.08. The Morgan fingerprint density at radius 2 is 1.79 bits per heavy atom. The fourth-order valence-electron chi connectivity index (χ4n) is 3.14. The van der Waals surface area contributed by atoms with E-state index in [9.17, 15) is 0 Å². The van der Waals surface area contributed by atoms with E-state index in [4.69, 9.17) is 15.2 Å². The Balaban J connectivity index is 1.61. The molecule has 28 heavy (non-hydrogen) atoms. The van der Waals surface area contributed by atoms with E-state index in [0.29, 0.717) is 25.7 Å². The van der Waals surface area contributed by atoms with Crippen LogP contribution in [-0.2, 0) is 13.1 Å². The normalized spacial score (nSPS) is 14.0. The molecule has 150 valence electrons. The molecule has 0 amide bonds. The Morgan fingerprint density at radius 3 is 2.57 bits per heavy atom. The number of aliphatic imine (C=N–C) groups is 1. The summed E-state index contributed by atoms with van der Waals surface area (Å²) >= 11 is 0. The highest BCUT2D eigenvalue weighted by molar-refractivity contribution is 5.92. The van der Waals surface area contributed by atoms with Crippen LogP contribution in [0, 0.1) is 0 Å². The molecule has 3 N–H and O–H groups in total. The van der Waals surface area contributed by atoms with Crippen molar-refractivity contribution in [2.45, 2.75) is 33.4 Å². The Morgan fingerprint density at radius 1 is 1.04 bits per heavy atom. The van der Waals surface area contributed by atoms with Gasteiger partial charge in [-0.2, -0.15) is 0 Å². The lowest BCUT2D eigenvalue weighted by Gasteiger charge is -2.18. The molecule has 6 nitrogen and oxygen atoms in total. The standard InChI is InChI=1S/C22H30N4O2/c1-3-26(4-2)16-18-8-5-7-17(13-18)15-24-22(23)25-19-9-10-20-21(14-19)28-12-6-11-27-20/h5,7-10,13-14H,3-4,6,11-12,15-16H2,1-2H3,(H3,23,24,25). The minimum absolute atomic E-state index is 0.378. The molecule has 0 aromatic heterocycles. The van der Waals surface area contributed by atoms with Crippen molar-refractivity contribution in [1.82, 2.24) is 4.90 Å². The molecule has 1 aliphatic rings. The number of hydrogen-bond acceptors (Lipinski definition) is 4. The third kappa shape index (κ3) is 5.63. The summed E-state index contributed by atoms with van der Waals surface area (Å²) in [6.07, 6.45) is 0.883. The number of ether oxygens (including phenoxy) is 2. The van der Waals surface area contributed by atoms with Crippen molar-refractivity contribution in [3.05, 3.63) is 53.6 Å². The number of benzene rings is 2. The van der Waals surface area contributed by atoms with E-state index in [1.807, 2.05) is 18.2 Å². The Hall–Kier alpha value is -2.73. The zero-order valence-electron chi connectivity index (χ0n) is 16.8. The molecule has 0 aliphatic carbocycles. The molecule has 0 saturated heterocycles. The lowest BCUT2D eigenvalue weighted by atomic mass is 10.1. The molecule has 2 aromatic rings. The van der Waals surface area contributed by atoms with Crippen LogP contribution in [0.25, 0.3) is 0 Å². The molecular weight excluding hydrogens is 352 g/mol. The van der Waals surface area contributed by atoms with E-state index < -0.39 is 0 Å². The predicted octanol–water partition coefficient (Wildman–Crippen LogP) is 3.62. The monoisotopic (exact) mass is 382 g/mol. The highest BCUT2D eigenvalue weighted by Crippen LogP contribution is 2.32. The number of hydrogen-bond donors (Lipinski definition) is 2. The van der Waals surface area contributed by atoms with Crippen LogP contribution in [0.1, 0.15) is 31.4 Å². The van der Waals surface area contributed by atoms with Crippen molar-refractivity contribution in [2.75, 3.05) is 31.6 Å². The minimum atomic E-state index is 0.378. The van der Waals surface area contributed by atoms with Crippen LogP contribution in [0.5, 0.6) is 11.5 Å². The average Bonchev–Trinajstić information content (AvgIpc) is 2.96. The molecule has 0 saturated carbocycles. The maximum Gasteiger partial charge on any atom is 0.193 e. The van der Waals surface area contributed by atoms with Gasteiger partial charge in [-0.05, 0) is 36.3 Å². The summed E-state index contributed by atoms with van der Waals surface area (Å²) in [5.41, 5.74) is 9.36. The molecule has 6 heteroatoms. The molecule has 0 atom stereocenters.